The Morgan fingerprint density at radius 3 is 2.96 bits per heavy atom. The fourth-order valence-electron chi connectivity index (χ4n) is 2.28. The monoisotopic (exact) mass is 343 g/mol. The van der Waals surface area contributed by atoms with E-state index in [9.17, 15) is 9.59 Å². The normalized spacial score (nSPS) is 10.8. The van der Waals surface area contributed by atoms with Gasteiger partial charge in [0.05, 0.1) is 12.1 Å². The largest absolute Gasteiger partial charge is 0.455 e. The first kappa shape index (κ1) is 16.2. The minimum Gasteiger partial charge on any atom is -0.455 e. The van der Waals surface area contributed by atoms with Crippen molar-refractivity contribution in [2.24, 2.45) is 0 Å². The van der Waals surface area contributed by atoms with Gasteiger partial charge in [0.1, 0.15) is 0 Å². The number of aromatic nitrogens is 2. The van der Waals surface area contributed by atoms with Crippen molar-refractivity contribution >= 4 is 33.9 Å². The van der Waals surface area contributed by atoms with Crippen LogP contribution in [-0.2, 0) is 20.7 Å². The van der Waals surface area contributed by atoms with Crippen LogP contribution in [0.25, 0.3) is 4.96 Å². The van der Waals surface area contributed by atoms with E-state index in [1.54, 1.807) is 6.20 Å². The Morgan fingerprint density at radius 2 is 2.17 bits per heavy atom. The van der Waals surface area contributed by atoms with Gasteiger partial charge in [0.15, 0.2) is 11.6 Å². The number of nitrogens with one attached hydrogen (secondary N) is 1. The van der Waals surface area contributed by atoms with Gasteiger partial charge in [-0.15, -0.1) is 11.3 Å². The summed E-state index contributed by atoms with van der Waals surface area (Å²) in [5.41, 5.74) is 3.44. The Bertz CT molecular complexity index is 869. The molecule has 0 atom stereocenters. The minimum absolute atomic E-state index is 0.0468. The second-order valence-corrected chi connectivity index (χ2v) is 6.33. The van der Waals surface area contributed by atoms with Crippen LogP contribution in [0.1, 0.15) is 16.8 Å². The summed E-state index contributed by atoms with van der Waals surface area (Å²) in [7, 11) is 0. The van der Waals surface area contributed by atoms with Crippen LogP contribution in [0.5, 0.6) is 0 Å². The fourth-order valence-corrected chi connectivity index (χ4v) is 3.00. The average Bonchev–Trinajstić information content (AvgIpc) is 3.11. The molecule has 24 heavy (non-hydrogen) atoms. The van der Waals surface area contributed by atoms with Gasteiger partial charge in [-0.3, -0.25) is 14.0 Å². The summed E-state index contributed by atoms with van der Waals surface area (Å²) in [5, 5.41) is 4.67. The van der Waals surface area contributed by atoms with E-state index in [4.69, 9.17) is 4.74 Å². The number of rotatable bonds is 5. The molecule has 124 valence electrons. The Kier molecular flexibility index (Phi) is 4.61. The fraction of sp³-hybridized carbons (Fsp3) is 0.235. The zero-order chi connectivity index (χ0) is 17.1. The lowest BCUT2D eigenvalue weighted by Gasteiger charge is -2.10. The lowest BCUT2D eigenvalue weighted by Crippen LogP contribution is -2.22. The molecule has 2 aromatic heterocycles. The number of anilines is 1. The van der Waals surface area contributed by atoms with Crippen LogP contribution in [0, 0.1) is 13.8 Å². The lowest BCUT2D eigenvalue weighted by molar-refractivity contribution is -0.146. The molecule has 0 saturated heterocycles. The molecule has 0 radical (unpaired) electrons. The number of carbonyl (C=O) groups is 2. The number of hydrogen-bond donors (Lipinski definition) is 1. The molecule has 0 aliphatic rings. The second kappa shape index (κ2) is 6.84. The number of fused-ring (bicyclic) bond motifs is 1. The highest BCUT2D eigenvalue weighted by molar-refractivity contribution is 7.15. The molecule has 0 bridgehead atoms. The molecular formula is C17H17N3O3S. The maximum absolute atomic E-state index is 11.9. The van der Waals surface area contributed by atoms with Crippen molar-refractivity contribution in [1.82, 2.24) is 9.38 Å². The number of carbonyl (C=O) groups excluding carboxylic acids is 2. The third kappa shape index (κ3) is 3.62. The van der Waals surface area contributed by atoms with Gasteiger partial charge in [0.2, 0.25) is 0 Å². The number of ether oxygens (including phenoxy) is 1. The molecule has 0 unspecified atom stereocenters. The van der Waals surface area contributed by atoms with E-state index in [1.807, 2.05) is 48.0 Å². The molecule has 2 heterocycles. The third-order valence-corrected chi connectivity index (χ3v) is 4.48. The van der Waals surface area contributed by atoms with Crippen LogP contribution in [-0.4, -0.2) is 27.9 Å². The molecule has 1 amide bonds. The van der Waals surface area contributed by atoms with Crippen molar-refractivity contribution in [3.05, 3.63) is 52.8 Å². The predicted octanol–water partition coefficient (Wildman–Crippen LogP) is 2.74. The van der Waals surface area contributed by atoms with E-state index in [-0.39, 0.29) is 18.9 Å². The summed E-state index contributed by atoms with van der Waals surface area (Å²) >= 11 is 1.49. The topological polar surface area (TPSA) is 72.7 Å². The molecular weight excluding hydrogens is 326 g/mol. The van der Waals surface area contributed by atoms with Gasteiger partial charge in [-0.05, 0) is 31.0 Å². The third-order valence-electron chi connectivity index (χ3n) is 3.71. The molecule has 0 aliphatic carbocycles. The van der Waals surface area contributed by atoms with Crippen LogP contribution in [0.15, 0.2) is 36.0 Å². The first-order valence-electron chi connectivity index (χ1n) is 7.45. The van der Waals surface area contributed by atoms with Gasteiger partial charge < -0.3 is 10.1 Å². The van der Waals surface area contributed by atoms with Crippen LogP contribution < -0.4 is 5.32 Å². The molecule has 1 N–H and O–H groups in total. The summed E-state index contributed by atoms with van der Waals surface area (Å²) in [4.78, 5) is 28.9. The molecule has 3 aromatic rings. The first-order chi connectivity index (χ1) is 11.5. The van der Waals surface area contributed by atoms with Crippen LogP contribution in [0.2, 0.25) is 0 Å². The molecule has 1 aromatic carbocycles. The number of esters is 1. The summed E-state index contributed by atoms with van der Waals surface area (Å²) in [6, 6.07) is 5.66. The number of benzene rings is 1. The molecule has 3 rings (SSSR count). The Balaban J connectivity index is 1.51. The van der Waals surface area contributed by atoms with Crippen molar-refractivity contribution in [3.8, 4) is 0 Å². The number of nitrogens with zero attached hydrogens (tertiary/aromatic N) is 2. The van der Waals surface area contributed by atoms with Crippen molar-refractivity contribution < 1.29 is 14.3 Å². The summed E-state index contributed by atoms with van der Waals surface area (Å²) < 4.78 is 6.87. The molecule has 0 fully saturated rings. The SMILES string of the molecule is Cc1cccc(NC(=O)COC(=O)Cc2cn3ccsc3n2)c1C. The molecule has 0 spiro atoms. The maximum atomic E-state index is 11.9. The highest BCUT2D eigenvalue weighted by atomic mass is 32.1. The summed E-state index contributed by atoms with van der Waals surface area (Å²) in [6.07, 6.45) is 3.70. The van der Waals surface area contributed by atoms with E-state index in [0.717, 1.165) is 21.8 Å². The summed E-state index contributed by atoms with van der Waals surface area (Å²) in [5.74, 6) is -0.834. The maximum Gasteiger partial charge on any atom is 0.312 e. The zero-order valence-corrected chi connectivity index (χ0v) is 14.2. The molecule has 6 nitrogen and oxygen atoms in total. The quantitative estimate of drug-likeness (QED) is 0.723. The molecule has 0 saturated carbocycles. The number of thiazole rings is 1. The number of hydrogen-bond acceptors (Lipinski definition) is 5. The van der Waals surface area contributed by atoms with E-state index in [0.29, 0.717) is 5.69 Å². The van der Waals surface area contributed by atoms with Crippen LogP contribution in [0.4, 0.5) is 5.69 Å². The van der Waals surface area contributed by atoms with E-state index in [1.165, 1.54) is 11.3 Å². The highest BCUT2D eigenvalue weighted by Crippen LogP contribution is 2.17. The van der Waals surface area contributed by atoms with Crippen molar-refractivity contribution in [2.75, 3.05) is 11.9 Å². The van der Waals surface area contributed by atoms with Crippen LogP contribution in [0.3, 0.4) is 0 Å². The number of amides is 1. The van der Waals surface area contributed by atoms with E-state index < -0.39 is 5.97 Å². The first-order valence-corrected chi connectivity index (χ1v) is 8.33. The minimum atomic E-state index is -0.475. The highest BCUT2D eigenvalue weighted by Gasteiger charge is 2.12. The smallest absolute Gasteiger partial charge is 0.312 e. The van der Waals surface area contributed by atoms with Crippen LogP contribution >= 0.6 is 11.3 Å². The predicted molar refractivity (Wildman–Crippen MR) is 92.3 cm³/mol. The van der Waals surface area contributed by atoms with Gasteiger partial charge in [-0.2, -0.15) is 0 Å². The Hall–Kier alpha value is -2.67. The second-order valence-electron chi connectivity index (χ2n) is 5.46. The van der Waals surface area contributed by atoms with Gasteiger partial charge in [-0.25, -0.2) is 4.98 Å². The number of imidazole rings is 1. The zero-order valence-electron chi connectivity index (χ0n) is 13.4. The van der Waals surface area contributed by atoms with Gasteiger partial charge in [0.25, 0.3) is 5.91 Å². The lowest BCUT2D eigenvalue weighted by atomic mass is 10.1. The number of aryl methyl sites for hydroxylation is 1. The van der Waals surface area contributed by atoms with Gasteiger partial charge in [0, 0.05) is 23.5 Å². The molecule has 0 aliphatic heterocycles. The Morgan fingerprint density at radius 1 is 1.33 bits per heavy atom. The van der Waals surface area contributed by atoms with E-state index in [2.05, 4.69) is 10.3 Å². The van der Waals surface area contributed by atoms with Gasteiger partial charge >= 0.3 is 5.97 Å². The summed E-state index contributed by atoms with van der Waals surface area (Å²) in [6.45, 7) is 3.59. The van der Waals surface area contributed by atoms with Crippen molar-refractivity contribution in [3.63, 3.8) is 0 Å². The van der Waals surface area contributed by atoms with Crippen molar-refractivity contribution in [2.45, 2.75) is 20.3 Å². The van der Waals surface area contributed by atoms with E-state index >= 15 is 0 Å². The molecule has 7 heteroatoms. The van der Waals surface area contributed by atoms with Crippen molar-refractivity contribution in [1.29, 1.82) is 0 Å². The standard InChI is InChI=1S/C17H17N3O3S/c1-11-4-3-5-14(12(11)2)19-15(21)10-23-16(22)8-13-9-20-6-7-24-17(20)18-13/h3-7,9H,8,10H2,1-2H3,(H,19,21). The average molecular weight is 343 g/mol. The Labute approximate surface area is 143 Å². The van der Waals surface area contributed by atoms with Gasteiger partial charge in [-0.1, -0.05) is 12.1 Å².